The lowest BCUT2D eigenvalue weighted by Gasteiger charge is -2.24. The lowest BCUT2D eigenvalue weighted by Crippen LogP contribution is -2.25. The molecule has 1 unspecified atom stereocenters. The molecule has 2 heterocycles. The molecule has 0 aliphatic heterocycles. The predicted octanol–water partition coefficient (Wildman–Crippen LogP) is 4.12. The molecule has 0 aliphatic rings. The Balaban J connectivity index is 1.76. The van der Waals surface area contributed by atoms with Gasteiger partial charge in [-0.1, -0.05) is 32.0 Å². The SMILES string of the molecule is CCCN(CCC)c1cc(/C=N/Nc2cccc(C(N)O)c2)nc(OCCc2ccccn2)c1. The number of aliphatic hydroxyl groups is 1. The summed E-state index contributed by atoms with van der Waals surface area (Å²) in [7, 11) is 0. The van der Waals surface area contributed by atoms with Crippen LogP contribution in [0.5, 0.6) is 5.88 Å². The number of aromatic nitrogens is 2. The van der Waals surface area contributed by atoms with Crippen LogP contribution in [0.2, 0.25) is 0 Å². The Labute approximate surface area is 201 Å². The predicted molar refractivity (Wildman–Crippen MR) is 137 cm³/mol. The second kappa shape index (κ2) is 13.3. The van der Waals surface area contributed by atoms with E-state index in [2.05, 4.69) is 39.2 Å². The zero-order valence-corrected chi connectivity index (χ0v) is 19.9. The highest BCUT2D eigenvalue weighted by molar-refractivity contribution is 5.80. The number of aliphatic hydroxyl groups excluding tert-OH is 1. The molecule has 0 spiro atoms. The van der Waals surface area contributed by atoms with Gasteiger partial charge in [0.05, 0.1) is 24.2 Å². The van der Waals surface area contributed by atoms with Gasteiger partial charge in [0, 0.05) is 43.2 Å². The number of hydrazone groups is 1. The maximum absolute atomic E-state index is 9.57. The third-order valence-electron chi connectivity index (χ3n) is 5.11. The molecule has 0 bridgehead atoms. The molecule has 1 aromatic carbocycles. The Kier molecular flexibility index (Phi) is 9.81. The summed E-state index contributed by atoms with van der Waals surface area (Å²) in [4.78, 5) is 11.3. The number of hydrogen-bond donors (Lipinski definition) is 3. The van der Waals surface area contributed by atoms with Crippen molar-refractivity contribution in [2.75, 3.05) is 30.0 Å². The minimum Gasteiger partial charge on any atom is -0.477 e. The number of hydrogen-bond acceptors (Lipinski definition) is 8. The highest BCUT2D eigenvalue weighted by Gasteiger charge is 2.10. The third kappa shape index (κ3) is 7.83. The molecule has 0 aliphatic carbocycles. The van der Waals surface area contributed by atoms with Gasteiger partial charge in [0.15, 0.2) is 0 Å². The Morgan fingerprint density at radius 3 is 2.65 bits per heavy atom. The Morgan fingerprint density at radius 2 is 1.94 bits per heavy atom. The third-order valence-corrected chi connectivity index (χ3v) is 5.11. The molecule has 1 atom stereocenters. The minimum absolute atomic E-state index is 0.484. The number of benzene rings is 1. The first kappa shape index (κ1) is 25.1. The van der Waals surface area contributed by atoms with E-state index in [1.807, 2.05) is 42.5 Å². The van der Waals surface area contributed by atoms with Crippen molar-refractivity contribution >= 4 is 17.6 Å². The monoisotopic (exact) mass is 462 g/mol. The maximum atomic E-state index is 9.57. The zero-order valence-electron chi connectivity index (χ0n) is 19.9. The van der Waals surface area contributed by atoms with Gasteiger partial charge in [0.25, 0.3) is 0 Å². The molecule has 0 fully saturated rings. The van der Waals surface area contributed by atoms with Crippen LogP contribution in [0, 0.1) is 0 Å². The lowest BCUT2D eigenvalue weighted by atomic mass is 10.2. The second-order valence-electron chi connectivity index (χ2n) is 7.94. The van der Waals surface area contributed by atoms with Crippen molar-refractivity contribution in [2.24, 2.45) is 10.8 Å². The molecule has 4 N–H and O–H groups in total. The fraction of sp³-hybridized carbons (Fsp3) is 0.346. The van der Waals surface area contributed by atoms with E-state index >= 15 is 0 Å². The average molecular weight is 463 g/mol. The molecule has 3 aromatic rings. The molecule has 0 radical (unpaired) electrons. The van der Waals surface area contributed by atoms with E-state index in [9.17, 15) is 5.11 Å². The van der Waals surface area contributed by atoms with Gasteiger partial charge in [-0.25, -0.2) is 4.98 Å². The highest BCUT2D eigenvalue weighted by atomic mass is 16.5. The summed E-state index contributed by atoms with van der Waals surface area (Å²) >= 11 is 0. The molecule has 180 valence electrons. The number of nitrogens with one attached hydrogen (secondary N) is 1. The first-order chi connectivity index (χ1) is 16.6. The minimum atomic E-state index is -1.03. The van der Waals surface area contributed by atoms with E-state index in [1.165, 1.54) is 0 Å². The normalized spacial score (nSPS) is 12.0. The van der Waals surface area contributed by atoms with Crippen molar-refractivity contribution in [1.82, 2.24) is 9.97 Å². The quantitative estimate of drug-likeness (QED) is 0.199. The van der Waals surface area contributed by atoms with Crippen LogP contribution in [0.1, 0.15) is 49.9 Å². The van der Waals surface area contributed by atoms with Gasteiger partial charge in [0.2, 0.25) is 5.88 Å². The molecule has 2 aromatic heterocycles. The van der Waals surface area contributed by atoms with Gasteiger partial charge in [-0.3, -0.25) is 10.4 Å². The fourth-order valence-corrected chi connectivity index (χ4v) is 3.52. The number of nitrogens with two attached hydrogens (primary N) is 1. The topological polar surface area (TPSA) is 109 Å². The van der Waals surface area contributed by atoms with E-state index in [1.54, 1.807) is 24.5 Å². The summed E-state index contributed by atoms with van der Waals surface area (Å²) < 4.78 is 6.00. The van der Waals surface area contributed by atoms with Crippen molar-refractivity contribution < 1.29 is 9.84 Å². The smallest absolute Gasteiger partial charge is 0.215 e. The molecule has 3 rings (SSSR count). The molecule has 0 saturated heterocycles. The van der Waals surface area contributed by atoms with Crippen LogP contribution in [0.4, 0.5) is 11.4 Å². The average Bonchev–Trinajstić information content (AvgIpc) is 2.85. The molecular weight excluding hydrogens is 428 g/mol. The van der Waals surface area contributed by atoms with Crippen LogP contribution in [0.3, 0.4) is 0 Å². The van der Waals surface area contributed by atoms with E-state index in [-0.39, 0.29) is 0 Å². The van der Waals surface area contributed by atoms with Crippen LogP contribution in [0.15, 0.2) is 65.9 Å². The van der Waals surface area contributed by atoms with Gasteiger partial charge in [-0.05, 0) is 48.7 Å². The lowest BCUT2D eigenvalue weighted by molar-refractivity contribution is 0.186. The van der Waals surface area contributed by atoms with Crippen LogP contribution < -0.4 is 20.8 Å². The molecular formula is C26H34N6O2. The van der Waals surface area contributed by atoms with Gasteiger partial charge in [0.1, 0.15) is 6.23 Å². The summed E-state index contributed by atoms with van der Waals surface area (Å²) in [5.74, 6) is 0.556. The van der Waals surface area contributed by atoms with Crippen molar-refractivity contribution in [3.05, 3.63) is 77.7 Å². The number of rotatable bonds is 13. The molecule has 8 heteroatoms. The Hall–Kier alpha value is -3.49. The maximum Gasteiger partial charge on any atom is 0.215 e. The van der Waals surface area contributed by atoms with Crippen LogP contribution in [-0.4, -0.2) is 41.0 Å². The van der Waals surface area contributed by atoms with Crippen molar-refractivity contribution in [3.8, 4) is 5.88 Å². The van der Waals surface area contributed by atoms with Crippen LogP contribution in [0.25, 0.3) is 0 Å². The summed E-state index contributed by atoms with van der Waals surface area (Å²) in [5.41, 5.74) is 12.6. The molecule has 0 amide bonds. The van der Waals surface area contributed by atoms with Gasteiger partial charge < -0.3 is 20.5 Å². The van der Waals surface area contributed by atoms with Crippen molar-refractivity contribution in [1.29, 1.82) is 0 Å². The fourth-order valence-electron chi connectivity index (χ4n) is 3.52. The zero-order chi connectivity index (χ0) is 24.2. The standard InChI is InChI=1S/C26H34N6O2/c1-3-13-32(14-4-2)24-17-23(19-29-31-22-10-7-8-20(16-22)26(27)33)30-25(18-24)34-15-11-21-9-5-6-12-28-21/h5-10,12,16-19,26,31,33H,3-4,11,13-15,27H2,1-2H3/b29-19+. The number of nitrogens with zero attached hydrogens (tertiary/aromatic N) is 4. The van der Waals surface area contributed by atoms with Crippen LogP contribution >= 0.6 is 0 Å². The summed E-state index contributed by atoms with van der Waals surface area (Å²) in [5, 5.41) is 13.9. The van der Waals surface area contributed by atoms with E-state index in [0.717, 1.165) is 43.0 Å². The van der Waals surface area contributed by atoms with Crippen molar-refractivity contribution in [3.63, 3.8) is 0 Å². The summed E-state index contributed by atoms with van der Waals surface area (Å²) in [6, 6.07) is 17.0. The summed E-state index contributed by atoms with van der Waals surface area (Å²) in [6.07, 6.45) is 5.22. The van der Waals surface area contributed by atoms with Crippen LogP contribution in [-0.2, 0) is 6.42 Å². The first-order valence-corrected chi connectivity index (χ1v) is 11.7. The first-order valence-electron chi connectivity index (χ1n) is 11.7. The number of anilines is 2. The van der Waals surface area contributed by atoms with E-state index in [4.69, 9.17) is 10.5 Å². The second-order valence-corrected chi connectivity index (χ2v) is 7.94. The van der Waals surface area contributed by atoms with Crippen molar-refractivity contribution in [2.45, 2.75) is 39.3 Å². The Morgan fingerprint density at radius 1 is 1.12 bits per heavy atom. The molecule has 8 nitrogen and oxygen atoms in total. The van der Waals surface area contributed by atoms with Gasteiger partial charge >= 0.3 is 0 Å². The van der Waals surface area contributed by atoms with E-state index < -0.39 is 6.23 Å². The highest BCUT2D eigenvalue weighted by Crippen LogP contribution is 2.22. The largest absolute Gasteiger partial charge is 0.477 e. The molecule has 0 saturated carbocycles. The molecule has 34 heavy (non-hydrogen) atoms. The van der Waals surface area contributed by atoms with Gasteiger partial charge in [-0.2, -0.15) is 5.10 Å². The number of ether oxygens (including phenoxy) is 1. The van der Waals surface area contributed by atoms with Gasteiger partial charge in [-0.15, -0.1) is 0 Å². The Bertz CT molecular complexity index is 1040. The summed E-state index contributed by atoms with van der Waals surface area (Å²) in [6.45, 7) is 6.74. The number of pyridine rings is 2. The van der Waals surface area contributed by atoms with E-state index in [0.29, 0.717) is 30.2 Å².